The zero-order valence-corrected chi connectivity index (χ0v) is 15.1. The molecule has 25 heavy (non-hydrogen) atoms. The van der Waals surface area contributed by atoms with Gasteiger partial charge in [0.1, 0.15) is 0 Å². The summed E-state index contributed by atoms with van der Waals surface area (Å²) < 4.78 is 1.64. The second-order valence-electron chi connectivity index (χ2n) is 7.00. The first-order chi connectivity index (χ1) is 12.2. The largest absolute Gasteiger partial charge is 0.360 e. The minimum Gasteiger partial charge on any atom is -0.360 e. The van der Waals surface area contributed by atoms with Gasteiger partial charge in [-0.25, -0.2) is 4.68 Å². The van der Waals surface area contributed by atoms with Crippen LogP contribution in [0.1, 0.15) is 43.4 Å². The van der Waals surface area contributed by atoms with Crippen molar-refractivity contribution in [2.75, 3.05) is 6.54 Å². The third-order valence-corrected chi connectivity index (χ3v) is 5.66. The SMILES string of the molecule is O=c1c2c([nH]n1-c1ccccc1)CCN(C(=S)NC1CCCCC1)C2. The minimum atomic E-state index is 0.0337. The maximum absolute atomic E-state index is 12.8. The maximum atomic E-state index is 12.8. The molecule has 0 bridgehead atoms. The number of thiocarbonyl (C=S) groups is 1. The Morgan fingerprint density at radius 3 is 2.68 bits per heavy atom. The van der Waals surface area contributed by atoms with E-state index < -0.39 is 0 Å². The van der Waals surface area contributed by atoms with Gasteiger partial charge >= 0.3 is 0 Å². The molecule has 5 nitrogen and oxygen atoms in total. The van der Waals surface area contributed by atoms with Gasteiger partial charge in [0.15, 0.2) is 5.11 Å². The zero-order chi connectivity index (χ0) is 17.2. The summed E-state index contributed by atoms with van der Waals surface area (Å²) >= 11 is 5.62. The third-order valence-electron chi connectivity index (χ3n) is 5.29. The standard InChI is InChI=1S/C19H24N4OS/c24-18-16-13-22(19(25)20-14-7-3-1-4-8-14)12-11-17(16)21-23(18)15-9-5-2-6-10-15/h2,5-6,9-10,14,21H,1,3-4,7-8,11-13H2,(H,20,25). The van der Waals surface area contributed by atoms with Crippen molar-refractivity contribution >= 4 is 17.3 Å². The fraction of sp³-hybridized carbons (Fsp3) is 0.474. The molecule has 0 amide bonds. The molecule has 0 atom stereocenters. The number of hydrogen-bond donors (Lipinski definition) is 2. The molecule has 132 valence electrons. The number of aromatic amines is 1. The molecule has 1 aromatic heterocycles. The van der Waals surface area contributed by atoms with Crippen LogP contribution in [0.2, 0.25) is 0 Å². The molecule has 1 saturated carbocycles. The highest BCUT2D eigenvalue weighted by atomic mass is 32.1. The lowest BCUT2D eigenvalue weighted by molar-refractivity contribution is 0.356. The first-order valence-electron chi connectivity index (χ1n) is 9.16. The van der Waals surface area contributed by atoms with E-state index in [2.05, 4.69) is 15.3 Å². The van der Waals surface area contributed by atoms with Gasteiger partial charge in [-0.3, -0.25) is 9.89 Å². The summed E-state index contributed by atoms with van der Waals surface area (Å²) in [6.07, 6.45) is 7.11. The molecule has 0 radical (unpaired) electrons. The molecule has 1 aliphatic carbocycles. The van der Waals surface area contributed by atoms with E-state index in [-0.39, 0.29) is 5.56 Å². The van der Waals surface area contributed by atoms with E-state index in [1.165, 1.54) is 32.1 Å². The van der Waals surface area contributed by atoms with Crippen molar-refractivity contribution < 1.29 is 0 Å². The number of fused-ring (bicyclic) bond motifs is 1. The average Bonchev–Trinajstić information content (AvgIpc) is 2.99. The first kappa shape index (κ1) is 16.4. The highest BCUT2D eigenvalue weighted by molar-refractivity contribution is 7.80. The Morgan fingerprint density at radius 1 is 1.16 bits per heavy atom. The van der Waals surface area contributed by atoms with Crippen LogP contribution >= 0.6 is 12.2 Å². The minimum absolute atomic E-state index is 0.0337. The number of benzene rings is 1. The van der Waals surface area contributed by atoms with Crippen LogP contribution in [-0.4, -0.2) is 32.4 Å². The van der Waals surface area contributed by atoms with E-state index in [0.29, 0.717) is 12.6 Å². The summed E-state index contributed by atoms with van der Waals surface area (Å²) in [7, 11) is 0. The lowest BCUT2D eigenvalue weighted by Crippen LogP contribution is -2.47. The van der Waals surface area contributed by atoms with Crippen molar-refractivity contribution in [1.29, 1.82) is 0 Å². The van der Waals surface area contributed by atoms with Crippen LogP contribution in [-0.2, 0) is 13.0 Å². The molecule has 1 aliphatic heterocycles. The Hall–Kier alpha value is -2.08. The second-order valence-corrected chi connectivity index (χ2v) is 7.39. The van der Waals surface area contributed by atoms with E-state index >= 15 is 0 Å². The number of rotatable bonds is 2. The molecule has 1 fully saturated rings. The summed E-state index contributed by atoms with van der Waals surface area (Å²) in [4.78, 5) is 14.9. The maximum Gasteiger partial charge on any atom is 0.276 e. The Kier molecular flexibility index (Phi) is 4.61. The quantitative estimate of drug-likeness (QED) is 0.813. The molecular formula is C19H24N4OS. The van der Waals surface area contributed by atoms with E-state index in [4.69, 9.17) is 12.2 Å². The molecule has 4 rings (SSSR count). The Balaban J connectivity index is 1.50. The third kappa shape index (κ3) is 3.35. The van der Waals surface area contributed by atoms with Crippen molar-refractivity contribution in [1.82, 2.24) is 20.0 Å². The summed E-state index contributed by atoms with van der Waals surface area (Å²) in [5.74, 6) is 0. The Labute approximate surface area is 153 Å². The number of para-hydroxylation sites is 1. The predicted octanol–water partition coefficient (Wildman–Crippen LogP) is 2.73. The summed E-state index contributed by atoms with van der Waals surface area (Å²) in [6.45, 7) is 1.43. The topological polar surface area (TPSA) is 53.1 Å². The lowest BCUT2D eigenvalue weighted by Gasteiger charge is -2.32. The molecule has 0 unspecified atom stereocenters. The number of nitrogens with one attached hydrogen (secondary N) is 2. The van der Waals surface area contributed by atoms with E-state index in [9.17, 15) is 4.79 Å². The van der Waals surface area contributed by atoms with Gasteiger partial charge in [-0.15, -0.1) is 0 Å². The van der Waals surface area contributed by atoms with Crippen LogP contribution in [0.3, 0.4) is 0 Å². The van der Waals surface area contributed by atoms with Crippen LogP contribution in [0.5, 0.6) is 0 Å². The van der Waals surface area contributed by atoms with Gasteiger partial charge in [-0.1, -0.05) is 37.5 Å². The monoisotopic (exact) mass is 356 g/mol. The van der Waals surface area contributed by atoms with Crippen molar-refractivity contribution in [3.8, 4) is 5.69 Å². The highest BCUT2D eigenvalue weighted by Crippen LogP contribution is 2.19. The fourth-order valence-corrected chi connectivity index (χ4v) is 4.17. The molecule has 0 spiro atoms. The van der Waals surface area contributed by atoms with Crippen LogP contribution < -0.4 is 10.9 Å². The molecule has 2 aromatic rings. The molecular weight excluding hydrogens is 332 g/mol. The zero-order valence-electron chi connectivity index (χ0n) is 14.3. The molecule has 0 saturated heterocycles. The van der Waals surface area contributed by atoms with Crippen LogP contribution in [0.15, 0.2) is 35.1 Å². The molecule has 6 heteroatoms. The Bertz CT molecular complexity index is 805. The number of aromatic nitrogens is 2. The van der Waals surface area contributed by atoms with Gasteiger partial charge in [-0.05, 0) is 37.2 Å². The van der Waals surface area contributed by atoms with Crippen molar-refractivity contribution in [2.45, 2.75) is 51.1 Å². The molecule has 2 heterocycles. The van der Waals surface area contributed by atoms with Crippen LogP contribution in [0.4, 0.5) is 0 Å². The number of H-pyrrole nitrogens is 1. The highest BCUT2D eigenvalue weighted by Gasteiger charge is 2.25. The molecule has 2 N–H and O–H groups in total. The predicted molar refractivity (Wildman–Crippen MR) is 103 cm³/mol. The van der Waals surface area contributed by atoms with E-state index in [1.807, 2.05) is 30.3 Å². The van der Waals surface area contributed by atoms with Crippen molar-refractivity contribution in [3.05, 3.63) is 51.9 Å². The van der Waals surface area contributed by atoms with Gasteiger partial charge in [-0.2, -0.15) is 0 Å². The summed E-state index contributed by atoms with van der Waals surface area (Å²) in [5, 5.41) is 7.58. The van der Waals surface area contributed by atoms with Crippen LogP contribution in [0.25, 0.3) is 5.69 Å². The number of hydrogen-bond acceptors (Lipinski definition) is 2. The normalized spacial score (nSPS) is 18.0. The van der Waals surface area contributed by atoms with Crippen molar-refractivity contribution in [3.63, 3.8) is 0 Å². The van der Waals surface area contributed by atoms with Gasteiger partial charge in [0.25, 0.3) is 5.56 Å². The fourth-order valence-electron chi connectivity index (χ4n) is 3.85. The van der Waals surface area contributed by atoms with Crippen molar-refractivity contribution in [2.24, 2.45) is 0 Å². The lowest BCUT2D eigenvalue weighted by atomic mass is 9.96. The van der Waals surface area contributed by atoms with Gasteiger partial charge in [0, 0.05) is 24.7 Å². The Morgan fingerprint density at radius 2 is 1.92 bits per heavy atom. The molecule has 2 aliphatic rings. The second kappa shape index (κ2) is 7.04. The van der Waals surface area contributed by atoms with Gasteiger partial charge < -0.3 is 10.2 Å². The van der Waals surface area contributed by atoms with E-state index in [0.717, 1.165) is 35.0 Å². The number of nitrogens with zero attached hydrogens (tertiary/aromatic N) is 2. The van der Waals surface area contributed by atoms with E-state index in [1.54, 1.807) is 4.68 Å². The summed E-state index contributed by atoms with van der Waals surface area (Å²) in [5.41, 5.74) is 2.77. The first-order valence-corrected chi connectivity index (χ1v) is 9.57. The van der Waals surface area contributed by atoms with Gasteiger partial charge in [0.2, 0.25) is 0 Å². The molecule has 1 aromatic carbocycles. The van der Waals surface area contributed by atoms with Gasteiger partial charge in [0.05, 0.1) is 17.8 Å². The average molecular weight is 356 g/mol. The smallest absolute Gasteiger partial charge is 0.276 e. The van der Waals surface area contributed by atoms with Crippen LogP contribution in [0, 0.1) is 0 Å². The summed E-state index contributed by atoms with van der Waals surface area (Å²) in [6, 6.07) is 10.2.